The largest absolute Gasteiger partial charge is 0.379 e. The van der Waals surface area contributed by atoms with E-state index in [0.717, 1.165) is 38.1 Å². The third kappa shape index (κ3) is 7.78. The molecule has 0 bridgehead atoms. The maximum Gasteiger partial charge on any atom is 0.191 e. The van der Waals surface area contributed by atoms with Crippen molar-refractivity contribution in [1.29, 1.82) is 0 Å². The molecule has 126 valence electrons. The molecule has 1 saturated carbocycles. The molecule has 0 aliphatic heterocycles. The highest BCUT2D eigenvalue weighted by Gasteiger charge is 2.20. The Morgan fingerprint density at radius 1 is 1.45 bits per heavy atom. The maximum absolute atomic E-state index is 5.61. The van der Waals surface area contributed by atoms with Crippen LogP contribution in [0.1, 0.15) is 29.5 Å². The minimum atomic E-state index is 0. The summed E-state index contributed by atoms with van der Waals surface area (Å²) >= 11 is 1.86. The first kappa shape index (κ1) is 19.7. The van der Waals surface area contributed by atoms with Gasteiger partial charge in [-0.3, -0.25) is 4.99 Å². The molecule has 1 aliphatic rings. The maximum atomic E-state index is 5.61. The Morgan fingerprint density at radius 3 is 2.82 bits per heavy atom. The summed E-state index contributed by atoms with van der Waals surface area (Å²) in [7, 11) is 1.81. The Bertz CT molecular complexity index is 460. The quantitative estimate of drug-likeness (QED) is 0.284. The van der Waals surface area contributed by atoms with Crippen LogP contribution >= 0.6 is 35.3 Å². The van der Waals surface area contributed by atoms with Gasteiger partial charge in [0.05, 0.1) is 6.61 Å². The van der Waals surface area contributed by atoms with E-state index in [1.165, 1.54) is 22.6 Å². The standard InChI is InChI=1S/C16H27N3OS.HI/c1-12(10-15-7-4-13(2)21-15)19-16(17-3)18-8-9-20-11-14-5-6-14;/h4,7,12,14H,5-6,8-11H2,1-3H3,(H2,17,18,19);1H. The van der Waals surface area contributed by atoms with E-state index in [0.29, 0.717) is 6.04 Å². The molecule has 1 aromatic rings. The predicted octanol–water partition coefficient (Wildman–Crippen LogP) is 3.20. The van der Waals surface area contributed by atoms with Crippen LogP contribution in [0.3, 0.4) is 0 Å². The highest BCUT2D eigenvalue weighted by atomic mass is 127. The van der Waals surface area contributed by atoms with Gasteiger partial charge in [0.2, 0.25) is 0 Å². The molecule has 1 aliphatic carbocycles. The molecule has 4 nitrogen and oxygen atoms in total. The molecular formula is C16H28IN3OS. The van der Waals surface area contributed by atoms with Crippen molar-refractivity contribution in [2.24, 2.45) is 10.9 Å². The molecule has 6 heteroatoms. The zero-order valence-electron chi connectivity index (χ0n) is 13.7. The average Bonchev–Trinajstić information content (AvgIpc) is 3.19. The average molecular weight is 437 g/mol. The molecule has 1 heterocycles. The summed E-state index contributed by atoms with van der Waals surface area (Å²) in [5.41, 5.74) is 0. The molecule has 2 rings (SSSR count). The van der Waals surface area contributed by atoms with Crippen LogP contribution in [0, 0.1) is 12.8 Å². The molecule has 1 aromatic heterocycles. The molecule has 0 spiro atoms. The van der Waals surface area contributed by atoms with Crippen LogP contribution in [0.2, 0.25) is 0 Å². The summed E-state index contributed by atoms with van der Waals surface area (Å²) in [6.07, 6.45) is 3.71. The molecule has 2 N–H and O–H groups in total. The van der Waals surface area contributed by atoms with Crippen molar-refractivity contribution in [1.82, 2.24) is 10.6 Å². The van der Waals surface area contributed by atoms with Gasteiger partial charge in [0.1, 0.15) is 0 Å². The van der Waals surface area contributed by atoms with Crippen LogP contribution in [0.15, 0.2) is 17.1 Å². The topological polar surface area (TPSA) is 45.7 Å². The summed E-state index contributed by atoms with van der Waals surface area (Å²) in [6, 6.07) is 4.75. The van der Waals surface area contributed by atoms with Crippen LogP contribution in [-0.4, -0.2) is 38.8 Å². The molecular weight excluding hydrogens is 409 g/mol. The van der Waals surface area contributed by atoms with Crippen molar-refractivity contribution in [2.45, 2.75) is 39.2 Å². The number of rotatable bonds is 8. The summed E-state index contributed by atoms with van der Waals surface area (Å²) in [4.78, 5) is 7.04. The molecule has 22 heavy (non-hydrogen) atoms. The normalized spacial score (nSPS) is 16.0. The van der Waals surface area contributed by atoms with Gasteiger partial charge < -0.3 is 15.4 Å². The van der Waals surface area contributed by atoms with E-state index in [4.69, 9.17) is 4.74 Å². The minimum Gasteiger partial charge on any atom is -0.379 e. The first-order valence-corrected chi connectivity index (χ1v) is 8.59. The highest BCUT2D eigenvalue weighted by molar-refractivity contribution is 14.0. The van der Waals surface area contributed by atoms with E-state index >= 15 is 0 Å². The molecule has 1 atom stereocenters. The highest BCUT2D eigenvalue weighted by Crippen LogP contribution is 2.28. The fourth-order valence-corrected chi connectivity index (χ4v) is 3.17. The Hall–Kier alpha value is -0.340. The monoisotopic (exact) mass is 437 g/mol. The van der Waals surface area contributed by atoms with Crippen LogP contribution in [-0.2, 0) is 11.2 Å². The third-order valence-electron chi connectivity index (χ3n) is 3.50. The molecule has 1 unspecified atom stereocenters. The van der Waals surface area contributed by atoms with Gasteiger partial charge in [-0.25, -0.2) is 0 Å². The van der Waals surface area contributed by atoms with Crippen molar-refractivity contribution >= 4 is 41.3 Å². The van der Waals surface area contributed by atoms with E-state index in [9.17, 15) is 0 Å². The molecule has 0 saturated heterocycles. The second-order valence-corrected chi connectivity index (χ2v) is 7.15. The summed E-state index contributed by atoms with van der Waals surface area (Å²) in [5.74, 6) is 1.68. The second kappa shape index (κ2) is 10.4. The van der Waals surface area contributed by atoms with Gasteiger partial charge in [0.15, 0.2) is 5.96 Å². The zero-order valence-corrected chi connectivity index (χ0v) is 16.9. The lowest BCUT2D eigenvalue weighted by Gasteiger charge is -2.17. The number of ether oxygens (including phenoxy) is 1. The van der Waals surface area contributed by atoms with E-state index in [1.807, 2.05) is 18.4 Å². The molecule has 0 radical (unpaired) electrons. The van der Waals surface area contributed by atoms with E-state index in [2.05, 4.69) is 41.6 Å². The van der Waals surface area contributed by atoms with E-state index in [1.54, 1.807) is 0 Å². The Labute approximate surface area is 155 Å². The van der Waals surface area contributed by atoms with Crippen LogP contribution < -0.4 is 10.6 Å². The fourth-order valence-electron chi connectivity index (χ4n) is 2.15. The van der Waals surface area contributed by atoms with Crippen molar-refractivity contribution in [3.63, 3.8) is 0 Å². The summed E-state index contributed by atoms with van der Waals surface area (Å²) < 4.78 is 5.61. The summed E-state index contributed by atoms with van der Waals surface area (Å²) in [5, 5.41) is 6.73. The summed E-state index contributed by atoms with van der Waals surface area (Å²) in [6.45, 7) is 6.80. The van der Waals surface area contributed by atoms with Crippen LogP contribution in [0.25, 0.3) is 0 Å². The first-order chi connectivity index (χ1) is 10.2. The molecule has 1 fully saturated rings. The number of aryl methyl sites for hydroxylation is 1. The van der Waals surface area contributed by atoms with Gasteiger partial charge in [-0.2, -0.15) is 0 Å². The lowest BCUT2D eigenvalue weighted by Crippen LogP contribution is -2.44. The predicted molar refractivity (Wildman–Crippen MR) is 106 cm³/mol. The number of nitrogens with zero attached hydrogens (tertiary/aromatic N) is 1. The minimum absolute atomic E-state index is 0. The van der Waals surface area contributed by atoms with Crippen molar-refractivity contribution in [2.75, 3.05) is 26.8 Å². The number of thiophene rings is 1. The van der Waals surface area contributed by atoms with Crippen molar-refractivity contribution in [3.05, 3.63) is 21.9 Å². The van der Waals surface area contributed by atoms with Gasteiger partial charge in [-0.05, 0) is 44.7 Å². The van der Waals surface area contributed by atoms with E-state index < -0.39 is 0 Å². The second-order valence-electron chi connectivity index (χ2n) is 5.78. The Morgan fingerprint density at radius 2 is 2.23 bits per heavy atom. The molecule has 0 aromatic carbocycles. The van der Waals surface area contributed by atoms with Gasteiger partial charge in [-0.15, -0.1) is 35.3 Å². The number of nitrogens with one attached hydrogen (secondary N) is 2. The Balaban J connectivity index is 0.00000242. The third-order valence-corrected chi connectivity index (χ3v) is 4.52. The Kier molecular flexibility index (Phi) is 9.35. The van der Waals surface area contributed by atoms with Gasteiger partial charge >= 0.3 is 0 Å². The molecule has 0 amide bonds. The van der Waals surface area contributed by atoms with Gasteiger partial charge in [0.25, 0.3) is 0 Å². The van der Waals surface area contributed by atoms with E-state index in [-0.39, 0.29) is 24.0 Å². The van der Waals surface area contributed by atoms with Crippen LogP contribution in [0.5, 0.6) is 0 Å². The van der Waals surface area contributed by atoms with Crippen molar-refractivity contribution < 1.29 is 4.74 Å². The lowest BCUT2D eigenvalue weighted by molar-refractivity contribution is 0.129. The SMILES string of the molecule is CN=C(NCCOCC1CC1)NC(C)Cc1ccc(C)s1.I. The van der Waals surface area contributed by atoms with Gasteiger partial charge in [-0.1, -0.05) is 0 Å². The number of hydrogen-bond donors (Lipinski definition) is 2. The number of guanidine groups is 1. The lowest BCUT2D eigenvalue weighted by atomic mass is 10.2. The fraction of sp³-hybridized carbons (Fsp3) is 0.688. The van der Waals surface area contributed by atoms with Gasteiger partial charge in [0, 0.05) is 42.4 Å². The zero-order chi connectivity index (χ0) is 15.1. The van der Waals surface area contributed by atoms with Crippen LogP contribution in [0.4, 0.5) is 0 Å². The first-order valence-electron chi connectivity index (χ1n) is 7.77. The number of aliphatic imine (C=N–C) groups is 1. The number of hydrogen-bond acceptors (Lipinski definition) is 3. The smallest absolute Gasteiger partial charge is 0.191 e. The number of halogens is 1. The van der Waals surface area contributed by atoms with Crippen molar-refractivity contribution in [3.8, 4) is 0 Å².